The summed E-state index contributed by atoms with van der Waals surface area (Å²) in [6, 6.07) is 6.31. The van der Waals surface area contributed by atoms with Crippen LogP contribution in [0.15, 0.2) is 36.9 Å². The fourth-order valence-electron chi connectivity index (χ4n) is 7.41. The average molecular weight is 869 g/mol. The minimum absolute atomic E-state index is 0.133. The molecular weight excluding hydrogens is 812 g/mol. The SMILES string of the molecule is C1CCC(P(C2CCCCC2)C2CCCCC2)CC1.CC(C)Oc1ccc(CCCn2cc[n+](C)c2)cc1[CH]=[Ru]([Cl])[Cl].F[P-](F)(F)(F)(F)F. The Balaban J connectivity index is 0.000000225. The van der Waals surface area contributed by atoms with Crippen LogP contribution in [0.5, 0.6) is 5.75 Å². The minimum atomic E-state index is -10.7. The summed E-state index contributed by atoms with van der Waals surface area (Å²) in [5, 5.41) is 0. The predicted molar refractivity (Wildman–Crippen MR) is 194 cm³/mol. The van der Waals surface area contributed by atoms with Gasteiger partial charge in [0.1, 0.15) is 0 Å². The van der Waals surface area contributed by atoms with E-state index < -0.39 is 21.3 Å². The molecule has 1 aromatic heterocycles. The predicted octanol–water partition coefficient (Wildman–Crippen LogP) is 13.7. The van der Waals surface area contributed by atoms with Crippen LogP contribution in [0.2, 0.25) is 0 Å². The molecule has 3 fully saturated rings. The van der Waals surface area contributed by atoms with Gasteiger partial charge in [0.2, 0.25) is 0 Å². The fraction of sp³-hybridized carbons (Fsp3) is 0.714. The van der Waals surface area contributed by atoms with Crippen molar-refractivity contribution < 1.29 is 48.0 Å². The number of ether oxygens (including phenoxy) is 1. The van der Waals surface area contributed by atoms with Crippen LogP contribution in [0.4, 0.5) is 25.2 Å². The molecule has 3 nitrogen and oxygen atoms in total. The van der Waals surface area contributed by atoms with E-state index in [0.29, 0.717) is 7.92 Å². The zero-order chi connectivity index (χ0) is 36.1. The molecule has 49 heavy (non-hydrogen) atoms. The van der Waals surface area contributed by atoms with Gasteiger partial charge in [0.25, 0.3) is 0 Å². The van der Waals surface area contributed by atoms with Gasteiger partial charge in [0.15, 0.2) is 0 Å². The molecule has 0 atom stereocenters. The van der Waals surface area contributed by atoms with E-state index in [1.54, 1.807) is 77.0 Å². The van der Waals surface area contributed by atoms with Crippen LogP contribution in [0.1, 0.15) is 128 Å². The van der Waals surface area contributed by atoms with Crippen LogP contribution >= 0.6 is 35.1 Å². The third-order valence-corrected chi connectivity index (χ3v) is 15.2. The van der Waals surface area contributed by atoms with Gasteiger partial charge >= 0.3 is 185 Å². The molecule has 3 aliphatic carbocycles. The van der Waals surface area contributed by atoms with Crippen molar-refractivity contribution in [2.75, 3.05) is 0 Å². The van der Waals surface area contributed by atoms with E-state index >= 15 is 0 Å². The summed E-state index contributed by atoms with van der Waals surface area (Å²) < 4.78 is 71.2. The molecule has 3 aliphatic rings. The second-order valence-electron chi connectivity index (χ2n) is 14.0. The maximum absolute atomic E-state index is 10.7. The van der Waals surface area contributed by atoms with Crippen molar-refractivity contribution in [3.8, 4) is 5.75 Å². The zero-order valence-electron chi connectivity index (χ0n) is 29.2. The third kappa shape index (κ3) is 19.4. The number of rotatable bonds is 10. The molecule has 0 aliphatic heterocycles. The molecule has 2 aromatic rings. The Hall–Kier alpha value is -0.257. The van der Waals surface area contributed by atoms with Gasteiger partial charge in [-0.25, -0.2) is 0 Å². The molecule has 3 saturated carbocycles. The molecular formula is C35H56Cl2F6N2OP2Ru. The first-order valence-corrected chi connectivity index (χ1v) is 26.9. The summed E-state index contributed by atoms with van der Waals surface area (Å²) in [4.78, 5) is 0. The molecule has 1 aromatic carbocycles. The van der Waals surface area contributed by atoms with Crippen molar-refractivity contribution in [3.05, 3.63) is 48.0 Å². The van der Waals surface area contributed by atoms with Crippen molar-refractivity contribution in [1.82, 2.24) is 4.57 Å². The monoisotopic (exact) mass is 868 g/mol. The van der Waals surface area contributed by atoms with Crippen molar-refractivity contribution in [3.63, 3.8) is 0 Å². The molecule has 0 spiro atoms. The summed E-state index contributed by atoms with van der Waals surface area (Å²) in [5.74, 6) is 0.862. The number of hydrogen-bond donors (Lipinski definition) is 0. The zero-order valence-corrected chi connectivity index (χ0v) is 34.2. The summed E-state index contributed by atoms with van der Waals surface area (Å²) in [5.41, 5.74) is 5.87. The average Bonchev–Trinajstić information content (AvgIpc) is 3.43. The van der Waals surface area contributed by atoms with Gasteiger partial charge in [-0.1, -0.05) is 65.7 Å². The summed E-state index contributed by atoms with van der Waals surface area (Å²) in [7, 11) is 3.86. The van der Waals surface area contributed by atoms with Gasteiger partial charge in [0, 0.05) is 0 Å². The van der Waals surface area contributed by atoms with E-state index in [1.165, 1.54) is 41.8 Å². The second-order valence-corrected chi connectivity index (χ2v) is 24.8. The number of hydrogen-bond acceptors (Lipinski definition) is 1. The molecule has 0 saturated heterocycles. The quantitative estimate of drug-likeness (QED) is 0.101. The Morgan fingerprint density at radius 1 is 0.857 bits per heavy atom. The van der Waals surface area contributed by atoms with E-state index in [4.69, 9.17) is 24.1 Å². The Morgan fingerprint density at radius 2 is 1.33 bits per heavy atom. The van der Waals surface area contributed by atoms with Crippen LogP contribution in [0.25, 0.3) is 0 Å². The first-order chi connectivity index (χ1) is 22.8. The summed E-state index contributed by atoms with van der Waals surface area (Å²) in [6.07, 6.45) is 32.1. The first-order valence-electron chi connectivity index (χ1n) is 17.8. The molecule has 0 unspecified atom stereocenters. The molecule has 1 heterocycles. The number of aromatic nitrogens is 2. The summed E-state index contributed by atoms with van der Waals surface area (Å²) in [6.45, 7) is 5.05. The number of aryl methyl sites for hydroxylation is 3. The van der Waals surface area contributed by atoms with Crippen LogP contribution in [-0.2, 0) is 33.5 Å². The number of nitrogens with zero attached hydrogens (tertiary/aromatic N) is 2. The van der Waals surface area contributed by atoms with Gasteiger partial charge in [-0.15, -0.1) is 0 Å². The van der Waals surface area contributed by atoms with Gasteiger partial charge in [-0.3, -0.25) is 0 Å². The van der Waals surface area contributed by atoms with Crippen LogP contribution in [0, 0.1) is 0 Å². The van der Waals surface area contributed by atoms with Crippen LogP contribution in [0.3, 0.4) is 0 Å². The van der Waals surface area contributed by atoms with Gasteiger partial charge in [-0.2, -0.15) is 0 Å². The Bertz CT molecular complexity index is 1250. The Kier molecular flexibility index (Phi) is 16.9. The fourth-order valence-corrected chi connectivity index (χ4v) is 13.9. The molecule has 286 valence electrons. The van der Waals surface area contributed by atoms with Crippen molar-refractivity contribution >= 4 is 39.7 Å². The topological polar surface area (TPSA) is 18.0 Å². The Labute approximate surface area is 304 Å². The van der Waals surface area contributed by atoms with Gasteiger partial charge < -0.3 is 0 Å². The first kappa shape index (κ1) is 43.2. The summed E-state index contributed by atoms with van der Waals surface area (Å²) >= 11 is -1.87. The normalized spacial score (nSPS) is 20.0. The molecule has 14 heteroatoms. The van der Waals surface area contributed by atoms with Crippen LogP contribution in [-0.4, -0.2) is 32.3 Å². The number of imidazole rings is 1. The van der Waals surface area contributed by atoms with Gasteiger partial charge in [-0.05, 0) is 55.5 Å². The van der Waals surface area contributed by atoms with E-state index in [1.807, 2.05) is 31.6 Å². The second kappa shape index (κ2) is 19.2. The van der Waals surface area contributed by atoms with Crippen molar-refractivity contribution in [2.45, 2.75) is 153 Å². The number of benzene rings is 1. The van der Waals surface area contributed by atoms with E-state index in [-0.39, 0.29) is 6.10 Å². The van der Waals surface area contributed by atoms with Crippen molar-refractivity contribution in [2.24, 2.45) is 7.05 Å². The van der Waals surface area contributed by atoms with Crippen LogP contribution < -0.4 is 9.30 Å². The number of halogens is 8. The molecule has 0 amide bonds. The molecule has 0 bridgehead atoms. The third-order valence-electron chi connectivity index (χ3n) is 9.32. The van der Waals surface area contributed by atoms with Crippen molar-refractivity contribution in [1.29, 1.82) is 0 Å². The molecule has 0 N–H and O–H groups in total. The standard InChI is InChI=1S/C18H33P.C17H23N2O.2ClH.F6P.Ru/c1-4-10-16(11-5-1)19(17-12-6-2-7-13-17)18-14-8-3-9-15-18;1-14(2)20-17-8-7-16(12-15(17)3)6-5-9-19-11-10-18(4)13-19;;;1-7(2,3,4,5)6;/h16-18H,1-15H2;3,7-8,10-14H,5-6,9H2,1-2,4H3;2*1H;;/q;+1;;;-1;+2/p-2. The maximum atomic E-state index is 9.87. The molecule has 5 rings (SSSR count). The van der Waals surface area contributed by atoms with E-state index in [2.05, 4.69) is 40.0 Å². The Morgan fingerprint density at radius 3 is 1.71 bits per heavy atom. The van der Waals surface area contributed by atoms with Gasteiger partial charge in [0.05, 0.1) is 0 Å². The molecule has 0 radical (unpaired) electrons. The van der Waals surface area contributed by atoms with E-state index in [0.717, 1.165) is 30.7 Å². The van der Waals surface area contributed by atoms with E-state index in [9.17, 15) is 25.2 Å².